The molecule has 144 valence electrons. The number of hydrogen-bond donors (Lipinski definition) is 0. The maximum atomic E-state index is 11.9. The van der Waals surface area contributed by atoms with Crippen LogP contribution >= 0.6 is 0 Å². The van der Waals surface area contributed by atoms with Crippen LogP contribution in [0.2, 0.25) is 0 Å². The molecule has 0 fully saturated rings. The molecule has 0 aliphatic heterocycles. The van der Waals surface area contributed by atoms with Crippen LogP contribution < -0.4 is 44.1 Å². The van der Waals surface area contributed by atoms with Gasteiger partial charge in [-0.1, -0.05) is 34.5 Å². The van der Waals surface area contributed by atoms with Crippen molar-refractivity contribution in [2.45, 2.75) is 0 Å². The zero-order valence-electron chi connectivity index (χ0n) is 15.8. The molecule has 2 rings (SSSR count). The molecule has 0 aliphatic rings. The SMILES string of the molecule is COc1ccccc1C(=O)N=NOB([O-])ON=NC(=O)c1ccccc1OC.[Na+]. The van der Waals surface area contributed by atoms with E-state index in [0.29, 0.717) is 0 Å². The molecule has 0 saturated heterocycles. The van der Waals surface area contributed by atoms with Crippen LogP contribution in [-0.2, 0) is 9.51 Å². The van der Waals surface area contributed by atoms with Crippen molar-refractivity contribution in [1.29, 1.82) is 0 Å². The number of hydrogen-bond acceptors (Lipinski definition) is 9. The van der Waals surface area contributed by atoms with E-state index >= 15 is 0 Å². The van der Waals surface area contributed by atoms with Crippen LogP contribution in [0.4, 0.5) is 0 Å². The van der Waals surface area contributed by atoms with E-state index in [1.807, 2.05) is 0 Å². The first-order chi connectivity index (χ1) is 13.6. The van der Waals surface area contributed by atoms with Crippen molar-refractivity contribution in [2.75, 3.05) is 14.2 Å². The summed E-state index contributed by atoms with van der Waals surface area (Å²) in [5, 5.41) is 23.8. The average molecular weight is 408 g/mol. The quantitative estimate of drug-likeness (QED) is 0.303. The van der Waals surface area contributed by atoms with Gasteiger partial charge in [-0.25, -0.2) is 0 Å². The third-order valence-corrected chi connectivity index (χ3v) is 3.20. The molecule has 0 aromatic heterocycles. The van der Waals surface area contributed by atoms with Gasteiger partial charge < -0.3 is 24.0 Å². The van der Waals surface area contributed by atoms with Crippen molar-refractivity contribution in [2.24, 2.45) is 20.8 Å². The van der Waals surface area contributed by atoms with Gasteiger partial charge in [0.25, 0.3) is 0 Å². The van der Waals surface area contributed by atoms with Crippen molar-refractivity contribution in [3.05, 3.63) is 59.7 Å². The normalized spacial score (nSPS) is 10.3. The number of carbonyl (C=O) groups is 2. The van der Waals surface area contributed by atoms with Crippen molar-refractivity contribution in [3.8, 4) is 11.5 Å². The molecule has 2 aromatic carbocycles. The smallest absolute Gasteiger partial charge is 0.805 e. The molecular formula is C16H14BN4NaO7. The van der Waals surface area contributed by atoms with Crippen molar-refractivity contribution in [3.63, 3.8) is 0 Å². The third-order valence-electron chi connectivity index (χ3n) is 3.20. The molecule has 0 aliphatic carbocycles. The summed E-state index contributed by atoms with van der Waals surface area (Å²) in [6.45, 7) is 0. The monoisotopic (exact) mass is 408 g/mol. The molecule has 0 atom stereocenters. The molecule has 0 N–H and O–H groups in total. The van der Waals surface area contributed by atoms with E-state index < -0.39 is 19.1 Å². The predicted octanol–water partition coefficient (Wildman–Crippen LogP) is -1.20. The summed E-state index contributed by atoms with van der Waals surface area (Å²) in [6.07, 6.45) is 0. The van der Waals surface area contributed by atoms with Gasteiger partial charge in [0.2, 0.25) is 0 Å². The number of nitrogens with zero attached hydrogens (tertiary/aromatic N) is 4. The second-order valence-electron chi connectivity index (χ2n) is 4.87. The van der Waals surface area contributed by atoms with Crippen LogP contribution in [0, 0.1) is 0 Å². The summed E-state index contributed by atoms with van der Waals surface area (Å²) >= 11 is 0. The van der Waals surface area contributed by atoms with E-state index in [9.17, 15) is 14.6 Å². The summed E-state index contributed by atoms with van der Waals surface area (Å²) in [5.74, 6) is -1.02. The molecule has 2 amide bonds. The zero-order valence-corrected chi connectivity index (χ0v) is 17.8. The average Bonchev–Trinajstić information content (AvgIpc) is 2.73. The largest absolute Gasteiger partial charge is 1.00 e. The second-order valence-corrected chi connectivity index (χ2v) is 4.87. The van der Waals surface area contributed by atoms with E-state index in [1.165, 1.54) is 26.4 Å². The molecule has 13 heteroatoms. The van der Waals surface area contributed by atoms with Gasteiger partial charge in [-0.15, -0.1) is 0 Å². The number of amides is 2. The molecule has 0 radical (unpaired) electrons. The van der Waals surface area contributed by atoms with Gasteiger partial charge in [0.1, 0.15) is 11.5 Å². The van der Waals surface area contributed by atoms with Gasteiger partial charge in [-0.2, -0.15) is 0 Å². The fourth-order valence-electron chi connectivity index (χ4n) is 1.97. The number of para-hydroxylation sites is 2. The predicted molar refractivity (Wildman–Crippen MR) is 92.3 cm³/mol. The standard InChI is InChI=1S/C16H14BN4O7.Na/c1-25-13-9-5-3-7-11(13)15(22)18-20-27-17(24)28-21-19-16(23)12-8-4-6-10-14(12)26-2;/h3-10H,1-2H3;/q-1;+1. The minimum atomic E-state index is -2.29. The molecule has 0 saturated carbocycles. The van der Waals surface area contributed by atoms with Gasteiger partial charge in [0.15, 0.2) is 0 Å². The van der Waals surface area contributed by atoms with Crippen LogP contribution in [-0.4, -0.2) is 33.4 Å². The van der Waals surface area contributed by atoms with Gasteiger partial charge >= 0.3 is 48.7 Å². The fraction of sp³-hybridized carbons (Fsp3) is 0.125. The summed E-state index contributed by atoms with van der Waals surface area (Å²) in [7, 11) is 0.487. The van der Waals surface area contributed by atoms with Gasteiger partial charge in [-0.3, -0.25) is 9.59 Å². The van der Waals surface area contributed by atoms with Crippen LogP contribution in [0.5, 0.6) is 11.5 Å². The first kappa shape index (κ1) is 24.2. The molecule has 0 heterocycles. The Balaban J connectivity index is 0.00000420. The Bertz CT molecular complexity index is 826. The maximum Gasteiger partial charge on any atom is 1.00 e. The molecule has 29 heavy (non-hydrogen) atoms. The van der Waals surface area contributed by atoms with Crippen LogP contribution in [0.1, 0.15) is 20.7 Å². The maximum absolute atomic E-state index is 11.9. The second kappa shape index (κ2) is 12.6. The number of carbonyl (C=O) groups excluding carboxylic acids is 2. The Morgan fingerprint density at radius 3 is 1.55 bits per heavy atom. The van der Waals surface area contributed by atoms with Gasteiger partial charge in [0.05, 0.1) is 25.3 Å². The molecule has 0 bridgehead atoms. The van der Waals surface area contributed by atoms with Gasteiger partial charge in [0, 0.05) is 10.6 Å². The van der Waals surface area contributed by atoms with Crippen LogP contribution in [0.15, 0.2) is 69.3 Å². The van der Waals surface area contributed by atoms with E-state index in [4.69, 9.17) is 9.47 Å². The summed E-state index contributed by atoms with van der Waals surface area (Å²) < 4.78 is 18.5. The van der Waals surface area contributed by atoms with Gasteiger partial charge in [-0.05, 0) is 24.3 Å². The Kier molecular flexibility index (Phi) is 10.6. The van der Waals surface area contributed by atoms with Crippen LogP contribution in [0.3, 0.4) is 0 Å². The molecule has 0 spiro atoms. The third kappa shape index (κ3) is 7.27. The van der Waals surface area contributed by atoms with Crippen molar-refractivity contribution >= 4 is 19.1 Å². The first-order valence-electron chi connectivity index (χ1n) is 7.71. The topological polar surface area (TPSA) is 144 Å². The summed E-state index contributed by atoms with van der Waals surface area (Å²) in [4.78, 5) is 23.7. The zero-order chi connectivity index (χ0) is 20.4. The molecule has 2 aromatic rings. The minimum Gasteiger partial charge on any atom is -0.805 e. The Labute approximate surface area is 188 Å². The molecule has 11 nitrogen and oxygen atoms in total. The van der Waals surface area contributed by atoms with E-state index in [0.717, 1.165) is 0 Å². The van der Waals surface area contributed by atoms with E-state index in [-0.39, 0.29) is 52.2 Å². The van der Waals surface area contributed by atoms with E-state index in [2.05, 4.69) is 30.3 Å². The van der Waals surface area contributed by atoms with E-state index in [1.54, 1.807) is 36.4 Å². The summed E-state index contributed by atoms with van der Waals surface area (Å²) in [5.41, 5.74) is 0.255. The van der Waals surface area contributed by atoms with Crippen LogP contribution in [0.25, 0.3) is 0 Å². The Morgan fingerprint density at radius 1 is 0.793 bits per heavy atom. The Morgan fingerprint density at radius 2 is 1.17 bits per heavy atom. The number of ether oxygens (including phenoxy) is 2. The van der Waals surface area contributed by atoms with Crippen molar-refractivity contribution in [1.82, 2.24) is 0 Å². The number of benzene rings is 2. The number of methoxy groups -OCH3 is 2. The Hall–Kier alpha value is -2.80. The summed E-state index contributed by atoms with van der Waals surface area (Å²) in [6, 6.07) is 12.6. The minimum absolute atomic E-state index is 0. The first-order valence-corrected chi connectivity index (χ1v) is 7.71. The molecular weight excluding hydrogens is 394 g/mol. The van der Waals surface area contributed by atoms with Crippen molar-refractivity contribution < 1.29 is 63.2 Å². The molecule has 0 unspecified atom stereocenters. The fourth-order valence-corrected chi connectivity index (χ4v) is 1.97. The number of rotatable bonds is 8.